The van der Waals surface area contributed by atoms with Crippen molar-refractivity contribution in [2.45, 2.75) is 46.5 Å². The topological polar surface area (TPSA) is 95.5 Å². The number of hydrazone groups is 1. The SMILES string of the molecule is CC(C)(C)CC(C)(C)c1ccc(OCC(=O)N/N=C/c2ccc(OC(=O)c3ccc4c(c3)OCO4)cc2)cc1. The molecule has 204 valence electrons. The molecule has 0 aliphatic carbocycles. The van der Waals surface area contributed by atoms with Crippen LogP contribution in [-0.4, -0.2) is 31.5 Å². The number of fused-ring (bicyclic) bond motifs is 1. The highest BCUT2D eigenvalue weighted by atomic mass is 16.7. The molecule has 0 saturated carbocycles. The molecular formula is C31H34N2O6. The fourth-order valence-electron chi connectivity index (χ4n) is 4.60. The van der Waals surface area contributed by atoms with E-state index < -0.39 is 5.97 Å². The summed E-state index contributed by atoms with van der Waals surface area (Å²) in [6.45, 7) is 11.2. The Balaban J connectivity index is 1.22. The lowest BCUT2D eigenvalue weighted by Gasteiger charge is -2.33. The average molecular weight is 531 g/mol. The molecule has 1 N–H and O–H groups in total. The van der Waals surface area contributed by atoms with Crippen molar-refractivity contribution >= 4 is 18.1 Å². The monoisotopic (exact) mass is 530 g/mol. The minimum atomic E-state index is -0.509. The molecule has 4 rings (SSSR count). The minimum Gasteiger partial charge on any atom is -0.484 e. The Morgan fingerprint density at radius 3 is 2.26 bits per heavy atom. The van der Waals surface area contributed by atoms with Crippen LogP contribution in [-0.2, 0) is 10.2 Å². The smallest absolute Gasteiger partial charge is 0.343 e. The van der Waals surface area contributed by atoms with Crippen LogP contribution >= 0.6 is 0 Å². The first-order valence-electron chi connectivity index (χ1n) is 12.8. The number of ether oxygens (including phenoxy) is 4. The van der Waals surface area contributed by atoms with E-state index in [1.165, 1.54) is 11.8 Å². The summed E-state index contributed by atoms with van der Waals surface area (Å²) in [6, 6.07) is 19.5. The molecule has 1 heterocycles. The molecule has 0 saturated heterocycles. The molecule has 0 unspecified atom stereocenters. The van der Waals surface area contributed by atoms with E-state index in [2.05, 4.69) is 45.1 Å². The summed E-state index contributed by atoms with van der Waals surface area (Å²) >= 11 is 0. The number of hydrogen-bond acceptors (Lipinski definition) is 7. The molecular weight excluding hydrogens is 496 g/mol. The van der Waals surface area contributed by atoms with Gasteiger partial charge < -0.3 is 18.9 Å². The highest BCUT2D eigenvalue weighted by Crippen LogP contribution is 2.36. The zero-order valence-corrected chi connectivity index (χ0v) is 22.9. The van der Waals surface area contributed by atoms with Gasteiger partial charge in [0.25, 0.3) is 5.91 Å². The summed E-state index contributed by atoms with van der Waals surface area (Å²) in [4.78, 5) is 24.6. The first-order valence-corrected chi connectivity index (χ1v) is 12.8. The van der Waals surface area contributed by atoms with E-state index in [0.717, 1.165) is 6.42 Å². The van der Waals surface area contributed by atoms with E-state index >= 15 is 0 Å². The molecule has 0 bridgehead atoms. The quantitative estimate of drug-likeness (QED) is 0.161. The van der Waals surface area contributed by atoms with Crippen LogP contribution in [0.3, 0.4) is 0 Å². The molecule has 8 heteroatoms. The van der Waals surface area contributed by atoms with Crippen LogP contribution < -0.4 is 24.4 Å². The third-order valence-electron chi connectivity index (χ3n) is 6.08. The maximum Gasteiger partial charge on any atom is 0.343 e. The van der Waals surface area contributed by atoms with Crippen LogP contribution in [0.25, 0.3) is 0 Å². The van der Waals surface area contributed by atoms with Crippen LogP contribution in [0.1, 0.15) is 62.5 Å². The summed E-state index contributed by atoms with van der Waals surface area (Å²) < 4.78 is 21.6. The lowest BCUT2D eigenvalue weighted by atomic mass is 9.72. The lowest BCUT2D eigenvalue weighted by molar-refractivity contribution is -0.123. The van der Waals surface area contributed by atoms with Crippen LogP contribution in [0.4, 0.5) is 0 Å². The Hall–Kier alpha value is -4.33. The fraction of sp³-hybridized carbons (Fsp3) is 0.323. The van der Waals surface area contributed by atoms with Crippen molar-refractivity contribution in [3.8, 4) is 23.0 Å². The standard InChI is InChI=1S/C31H34N2O6/c1-30(2,3)19-31(4,5)23-9-13-24(14-10-23)36-18-28(34)33-32-17-21-6-11-25(12-7-21)39-29(35)22-8-15-26-27(16-22)38-20-37-26/h6-17H,18-20H2,1-5H3,(H,33,34)/b32-17+. The van der Waals surface area contributed by atoms with Crippen molar-refractivity contribution in [3.05, 3.63) is 83.4 Å². The third-order valence-corrected chi connectivity index (χ3v) is 6.08. The first-order chi connectivity index (χ1) is 18.5. The molecule has 0 atom stereocenters. The van der Waals surface area contributed by atoms with E-state index in [4.69, 9.17) is 18.9 Å². The second-order valence-corrected chi connectivity index (χ2v) is 11.3. The van der Waals surface area contributed by atoms with Crippen LogP contribution in [0.2, 0.25) is 0 Å². The Bertz CT molecular complexity index is 1340. The molecule has 1 aliphatic heterocycles. The van der Waals surface area contributed by atoms with Crippen molar-refractivity contribution in [2.75, 3.05) is 13.4 Å². The van der Waals surface area contributed by atoms with Gasteiger partial charge in [-0.3, -0.25) is 4.79 Å². The Morgan fingerprint density at radius 1 is 0.897 bits per heavy atom. The van der Waals surface area contributed by atoms with Crippen molar-refractivity contribution < 1.29 is 28.5 Å². The van der Waals surface area contributed by atoms with Gasteiger partial charge in [-0.15, -0.1) is 0 Å². The highest BCUT2D eigenvalue weighted by molar-refractivity contribution is 5.92. The van der Waals surface area contributed by atoms with Gasteiger partial charge in [0.1, 0.15) is 11.5 Å². The number of nitrogens with zero attached hydrogens (tertiary/aromatic N) is 1. The summed E-state index contributed by atoms with van der Waals surface area (Å²) in [5.41, 5.74) is 5.01. The van der Waals surface area contributed by atoms with Crippen molar-refractivity contribution in [2.24, 2.45) is 10.5 Å². The van der Waals surface area contributed by atoms with E-state index in [9.17, 15) is 9.59 Å². The van der Waals surface area contributed by atoms with Crippen molar-refractivity contribution in [1.82, 2.24) is 5.43 Å². The molecule has 3 aromatic carbocycles. The third kappa shape index (κ3) is 7.83. The van der Waals surface area contributed by atoms with Gasteiger partial charge in [-0.1, -0.05) is 46.8 Å². The van der Waals surface area contributed by atoms with Gasteiger partial charge in [-0.25, -0.2) is 10.2 Å². The summed E-state index contributed by atoms with van der Waals surface area (Å²) in [5, 5.41) is 3.97. The van der Waals surface area contributed by atoms with Crippen LogP contribution in [0, 0.1) is 5.41 Å². The van der Waals surface area contributed by atoms with Gasteiger partial charge in [0.15, 0.2) is 18.1 Å². The van der Waals surface area contributed by atoms with Crippen molar-refractivity contribution in [3.63, 3.8) is 0 Å². The molecule has 1 aliphatic rings. The lowest BCUT2D eigenvalue weighted by Crippen LogP contribution is -2.25. The van der Waals surface area contributed by atoms with Gasteiger partial charge in [0.05, 0.1) is 11.8 Å². The Kier molecular flexibility index (Phi) is 8.24. The number of hydrogen-bond donors (Lipinski definition) is 1. The zero-order valence-electron chi connectivity index (χ0n) is 22.9. The second kappa shape index (κ2) is 11.6. The van der Waals surface area contributed by atoms with Gasteiger partial charge >= 0.3 is 5.97 Å². The maximum absolute atomic E-state index is 12.4. The van der Waals surface area contributed by atoms with E-state index in [-0.39, 0.29) is 30.1 Å². The molecule has 1 amide bonds. The molecule has 0 aromatic heterocycles. The number of amides is 1. The predicted molar refractivity (Wildman–Crippen MR) is 149 cm³/mol. The molecule has 8 nitrogen and oxygen atoms in total. The van der Waals surface area contributed by atoms with E-state index in [1.54, 1.807) is 42.5 Å². The molecule has 3 aromatic rings. The first kappa shape index (κ1) is 27.7. The predicted octanol–water partition coefficient (Wildman–Crippen LogP) is 5.88. The number of benzene rings is 3. The molecule has 0 fully saturated rings. The number of rotatable bonds is 9. The summed E-state index contributed by atoms with van der Waals surface area (Å²) in [5.74, 6) is 1.22. The zero-order chi connectivity index (χ0) is 28.0. The molecule has 0 spiro atoms. The largest absolute Gasteiger partial charge is 0.484 e. The van der Waals surface area contributed by atoms with Gasteiger partial charge in [0, 0.05) is 0 Å². The van der Waals surface area contributed by atoms with Crippen LogP contribution in [0.5, 0.6) is 23.0 Å². The number of nitrogens with one attached hydrogen (secondary N) is 1. The van der Waals surface area contributed by atoms with Gasteiger partial charge in [-0.2, -0.15) is 5.10 Å². The van der Waals surface area contributed by atoms with Crippen LogP contribution in [0.15, 0.2) is 71.8 Å². The minimum absolute atomic E-state index is 0.0376. The average Bonchev–Trinajstić information content (AvgIpc) is 3.35. The number of carbonyl (C=O) groups is 2. The normalized spacial score (nSPS) is 12.8. The Morgan fingerprint density at radius 2 is 1.56 bits per heavy atom. The number of esters is 1. The van der Waals surface area contributed by atoms with Crippen molar-refractivity contribution in [1.29, 1.82) is 0 Å². The number of carbonyl (C=O) groups excluding carboxylic acids is 2. The Labute approximate surface area is 228 Å². The molecule has 39 heavy (non-hydrogen) atoms. The second-order valence-electron chi connectivity index (χ2n) is 11.3. The van der Waals surface area contributed by atoms with E-state index in [1.807, 2.05) is 24.3 Å². The fourth-order valence-corrected chi connectivity index (χ4v) is 4.60. The van der Waals surface area contributed by atoms with Gasteiger partial charge in [-0.05, 0) is 83.0 Å². The van der Waals surface area contributed by atoms with E-state index in [0.29, 0.717) is 34.1 Å². The molecule has 0 radical (unpaired) electrons. The van der Waals surface area contributed by atoms with Gasteiger partial charge in [0.2, 0.25) is 6.79 Å². The highest BCUT2D eigenvalue weighted by Gasteiger charge is 2.27. The maximum atomic E-state index is 12.4. The summed E-state index contributed by atoms with van der Waals surface area (Å²) in [6.07, 6.45) is 2.54. The summed E-state index contributed by atoms with van der Waals surface area (Å²) in [7, 11) is 0.